The van der Waals surface area contributed by atoms with Gasteiger partial charge in [-0.15, -0.1) is 0 Å². The Bertz CT molecular complexity index is 365. The Labute approximate surface area is 102 Å². The average molecular weight is 237 g/mol. The molecule has 2 N–H and O–H groups in total. The highest BCUT2D eigenvalue weighted by molar-refractivity contribution is 5.75. The molecule has 0 radical (unpaired) electrons. The van der Waals surface area contributed by atoms with Crippen LogP contribution in [0.25, 0.3) is 0 Å². The first-order valence-corrected chi connectivity index (χ1v) is 5.76. The molecule has 17 heavy (non-hydrogen) atoms. The lowest BCUT2D eigenvalue weighted by Gasteiger charge is -2.15. The normalized spacial score (nSPS) is 11.9. The van der Waals surface area contributed by atoms with Crippen LogP contribution in [0.15, 0.2) is 24.3 Å². The summed E-state index contributed by atoms with van der Waals surface area (Å²) in [6.07, 6.45) is 0.543. The smallest absolute Gasteiger partial charge is 0.220 e. The summed E-state index contributed by atoms with van der Waals surface area (Å²) in [6.45, 7) is 2.15. The van der Waals surface area contributed by atoms with Crippen LogP contribution in [-0.2, 0) is 4.79 Å². The van der Waals surface area contributed by atoms with E-state index in [9.17, 15) is 9.90 Å². The monoisotopic (exact) mass is 237 g/mol. The Balaban J connectivity index is 2.57. The maximum atomic E-state index is 11.3. The van der Waals surface area contributed by atoms with Gasteiger partial charge < -0.3 is 15.2 Å². The first kappa shape index (κ1) is 13.5. The Hall–Kier alpha value is -1.55. The van der Waals surface area contributed by atoms with Gasteiger partial charge in [-0.25, -0.2) is 0 Å². The van der Waals surface area contributed by atoms with Crippen LogP contribution in [0.5, 0.6) is 5.75 Å². The maximum absolute atomic E-state index is 11.3. The van der Waals surface area contributed by atoms with Crippen LogP contribution in [0, 0.1) is 0 Å². The van der Waals surface area contributed by atoms with E-state index in [1.807, 2.05) is 19.1 Å². The highest BCUT2D eigenvalue weighted by Crippen LogP contribution is 2.23. The van der Waals surface area contributed by atoms with Gasteiger partial charge in [0.2, 0.25) is 5.91 Å². The molecule has 1 aromatic rings. The summed E-state index contributed by atoms with van der Waals surface area (Å²) in [5.41, 5.74) is 0.687. The third-order valence-corrected chi connectivity index (χ3v) is 2.47. The number of para-hydroxylation sites is 1. The third-order valence-electron chi connectivity index (χ3n) is 2.47. The molecule has 4 heteroatoms. The molecule has 0 aromatic heterocycles. The van der Waals surface area contributed by atoms with Gasteiger partial charge in [0.25, 0.3) is 0 Å². The van der Waals surface area contributed by atoms with E-state index in [2.05, 4.69) is 5.32 Å². The zero-order chi connectivity index (χ0) is 12.7. The van der Waals surface area contributed by atoms with Gasteiger partial charge in [-0.2, -0.15) is 0 Å². The number of rotatable bonds is 6. The van der Waals surface area contributed by atoms with Gasteiger partial charge in [0.1, 0.15) is 5.75 Å². The number of aliphatic hydroxyl groups excluding tert-OH is 1. The number of carbonyl (C=O) groups is 1. The molecule has 0 aliphatic rings. The van der Waals surface area contributed by atoms with E-state index in [1.165, 1.54) is 0 Å². The minimum absolute atomic E-state index is 0.0403. The number of ether oxygens (including phenoxy) is 1. The molecule has 0 aliphatic heterocycles. The number of amides is 1. The molecule has 1 amide bonds. The summed E-state index contributed by atoms with van der Waals surface area (Å²) in [5, 5.41) is 12.6. The lowest BCUT2D eigenvalue weighted by atomic mass is 10.1. The molecule has 0 saturated heterocycles. The van der Waals surface area contributed by atoms with E-state index in [1.54, 1.807) is 19.2 Å². The van der Waals surface area contributed by atoms with Crippen molar-refractivity contribution in [2.45, 2.75) is 25.9 Å². The number of methoxy groups -OCH3 is 1. The van der Waals surface area contributed by atoms with Crippen LogP contribution in [0.1, 0.15) is 31.4 Å². The molecule has 0 heterocycles. The second-order valence-corrected chi connectivity index (χ2v) is 3.81. The van der Waals surface area contributed by atoms with Gasteiger partial charge in [-0.3, -0.25) is 4.79 Å². The molecule has 1 unspecified atom stereocenters. The van der Waals surface area contributed by atoms with Crippen LogP contribution in [0.3, 0.4) is 0 Å². The zero-order valence-electron chi connectivity index (χ0n) is 10.3. The topological polar surface area (TPSA) is 58.6 Å². The Kier molecular flexibility index (Phi) is 5.49. The fraction of sp³-hybridized carbons (Fsp3) is 0.462. The van der Waals surface area contributed by atoms with E-state index >= 15 is 0 Å². The summed E-state index contributed by atoms with van der Waals surface area (Å²) in [4.78, 5) is 11.3. The molecule has 94 valence electrons. The zero-order valence-corrected chi connectivity index (χ0v) is 10.3. The van der Waals surface area contributed by atoms with Gasteiger partial charge in [-0.1, -0.05) is 25.1 Å². The van der Waals surface area contributed by atoms with Crippen molar-refractivity contribution in [2.24, 2.45) is 0 Å². The van der Waals surface area contributed by atoms with E-state index in [-0.39, 0.29) is 12.5 Å². The highest BCUT2D eigenvalue weighted by Gasteiger charge is 2.13. The van der Waals surface area contributed by atoms with Crippen molar-refractivity contribution in [3.8, 4) is 5.75 Å². The van der Waals surface area contributed by atoms with Crippen LogP contribution >= 0.6 is 0 Å². The largest absolute Gasteiger partial charge is 0.496 e. The number of aliphatic hydroxyl groups is 1. The summed E-state index contributed by atoms with van der Waals surface area (Å²) < 4.78 is 5.15. The van der Waals surface area contributed by atoms with Crippen molar-refractivity contribution in [3.63, 3.8) is 0 Å². The fourth-order valence-electron chi connectivity index (χ4n) is 1.58. The Morgan fingerprint density at radius 1 is 1.47 bits per heavy atom. The van der Waals surface area contributed by atoms with Gasteiger partial charge in [0.15, 0.2) is 0 Å². The summed E-state index contributed by atoms with van der Waals surface area (Å²) in [6, 6.07) is 7.24. The van der Waals surface area contributed by atoms with Crippen LogP contribution in [0.2, 0.25) is 0 Å². The molecule has 1 aromatic carbocycles. The first-order chi connectivity index (χ1) is 8.19. The molecule has 0 fully saturated rings. The molecular formula is C13H19NO3. The second-order valence-electron chi connectivity index (χ2n) is 3.81. The van der Waals surface area contributed by atoms with Crippen LogP contribution in [0.4, 0.5) is 0 Å². The lowest BCUT2D eigenvalue weighted by molar-refractivity contribution is -0.121. The fourth-order valence-corrected chi connectivity index (χ4v) is 1.58. The second kappa shape index (κ2) is 6.91. The van der Waals surface area contributed by atoms with Gasteiger partial charge in [-0.05, 0) is 12.5 Å². The molecule has 1 atom stereocenters. The van der Waals surface area contributed by atoms with E-state index < -0.39 is 6.10 Å². The summed E-state index contributed by atoms with van der Waals surface area (Å²) in [5.74, 6) is 0.589. The van der Waals surface area contributed by atoms with Crippen molar-refractivity contribution in [2.75, 3.05) is 13.7 Å². The van der Waals surface area contributed by atoms with Crippen molar-refractivity contribution < 1.29 is 14.6 Å². The lowest BCUT2D eigenvalue weighted by Crippen LogP contribution is -2.28. The minimum Gasteiger partial charge on any atom is -0.496 e. The van der Waals surface area contributed by atoms with E-state index in [4.69, 9.17) is 4.74 Å². The van der Waals surface area contributed by atoms with Crippen molar-refractivity contribution >= 4 is 5.91 Å². The molecule has 1 rings (SSSR count). The maximum Gasteiger partial charge on any atom is 0.220 e. The van der Waals surface area contributed by atoms with Crippen molar-refractivity contribution in [1.29, 1.82) is 0 Å². The number of benzene rings is 1. The highest BCUT2D eigenvalue weighted by atomic mass is 16.5. The molecule has 0 saturated carbocycles. The van der Waals surface area contributed by atoms with Crippen molar-refractivity contribution in [3.05, 3.63) is 29.8 Å². The standard InChI is InChI=1S/C13H19NO3/c1-3-6-13(16)14-9-11(15)10-7-4-5-8-12(10)17-2/h4-5,7-8,11,15H,3,6,9H2,1-2H3,(H,14,16). The van der Waals surface area contributed by atoms with Crippen molar-refractivity contribution in [1.82, 2.24) is 5.32 Å². The summed E-state index contributed by atoms with van der Waals surface area (Å²) in [7, 11) is 1.56. The Morgan fingerprint density at radius 3 is 2.82 bits per heavy atom. The molecule has 0 bridgehead atoms. The van der Waals surface area contributed by atoms with E-state index in [0.717, 1.165) is 6.42 Å². The molecular weight excluding hydrogens is 218 g/mol. The molecule has 0 spiro atoms. The number of hydrogen-bond donors (Lipinski definition) is 2. The first-order valence-electron chi connectivity index (χ1n) is 5.76. The number of nitrogens with one attached hydrogen (secondary N) is 1. The summed E-state index contributed by atoms with van der Waals surface area (Å²) >= 11 is 0. The SMILES string of the molecule is CCCC(=O)NCC(O)c1ccccc1OC. The van der Waals surface area contributed by atoms with Gasteiger partial charge in [0, 0.05) is 18.5 Å². The number of hydrogen-bond acceptors (Lipinski definition) is 3. The van der Waals surface area contributed by atoms with Gasteiger partial charge in [0.05, 0.1) is 13.2 Å². The predicted molar refractivity (Wildman–Crippen MR) is 65.9 cm³/mol. The predicted octanol–water partition coefficient (Wildman–Crippen LogP) is 1.64. The van der Waals surface area contributed by atoms with E-state index in [0.29, 0.717) is 17.7 Å². The Morgan fingerprint density at radius 2 is 2.18 bits per heavy atom. The average Bonchev–Trinajstić information content (AvgIpc) is 2.36. The quantitative estimate of drug-likeness (QED) is 0.791. The van der Waals surface area contributed by atoms with Crippen LogP contribution < -0.4 is 10.1 Å². The van der Waals surface area contributed by atoms with Crippen LogP contribution in [-0.4, -0.2) is 24.7 Å². The molecule has 0 aliphatic carbocycles. The van der Waals surface area contributed by atoms with Gasteiger partial charge >= 0.3 is 0 Å². The number of carbonyl (C=O) groups excluding carboxylic acids is 1. The molecule has 4 nitrogen and oxygen atoms in total. The third kappa shape index (κ3) is 4.07. The minimum atomic E-state index is -0.744.